The van der Waals surface area contributed by atoms with Gasteiger partial charge >= 0.3 is 0 Å². The van der Waals surface area contributed by atoms with Crippen molar-refractivity contribution in [2.24, 2.45) is 0 Å². The molecule has 2 N–H and O–H groups in total. The van der Waals surface area contributed by atoms with Gasteiger partial charge in [0.25, 0.3) is 5.69 Å². The van der Waals surface area contributed by atoms with Crippen LogP contribution in [0.4, 0.5) is 11.4 Å². The average Bonchev–Trinajstić information content (AvgIpc) is 2.84. The Morgan fingerprint density at radius 2 is 2.33 bits per heavy atom. The lowest BCUT2D eigenvalue weighted by Gasteiger charge is -2.07. The Kier molecular flexibility index (Phi) is 4.13. The number of benzene rings is 1. The van der Waals surface area contributed by atoms with E-state index in [4.69, 9.17) is 0 Å². The van der Waals surface area contributed by atoms with Gasteiger partial charge in [0.2, 0.25) is 0 Å². The molecule has 0 bridgehead atoms. The van der Waals surface area contributed by atoms with Crippen molar-refractivity contribution >= 4 is 34.0 Å². The van der Waals surface area contributed by atoms with Crippen LogP contribution in [0.3, 0.4) is 0 Å². The SMILES string of the molecule is O=[N+]([O-])c1ccc(NCCc2ncc[nH]2)c(I)c1. The van der Waals surface area contributed by atoms with Gasteiger partial charge in [-0.3, -0.25) is 10.1 Å². The van der Waals surface area contributed by atoms with E-state index in [9.17, 15) is 10.1 Å². The molecular weight excluding hydrogens is 347 g/mol. The van der Waals surface area contributed by atoms with Crippen molar-refractivity contribution in [2.45, 2.75) is 6.42 Å². The number of hydrogen-bond donors (Lipinski definition) is 2. The number of anilines is 1. The summed E-state index contributed by atoms with van der Waals surface area (Å²) in [7, 11) is 0. The molecule has 0 saturated carbocycles. The Bertz CT molecular complexity index is 542. The number of H-pyrrole nitrogens is 1. The van der Waals surface area contributed by atoms with Crippen LogP contribution in [-0.4, -0.2) is 21.4 Å². The third-order valence-electron chi connectivity index (χ3n) is 2.40. The van der Waals surface area contributed by atoms with Gasteiger partial charge in [-0.15, -0.1) is 0 Å². The number of nitro groups is 1. The molecule has 1 heterocycles. The van der Waals surface area contributed by atoms with Crippen LogP contribution in [0.25, 0.3) is 0 Å². The van der Waals surface area contributed by atoms with E-state index >= 15 is 0 Å². The van der Waals surface area contributed by atoms with Crippen molar-refractivity contribution < 1.29 is 4.92 Å². The van der Waals surface area contributed by atoms with Crippen LogP contribution in [0, 0.1) is 13.7 Å². The van der Waals surface area contributed by atoms with Gasteiger partial charge in [-0.2, -0.15) is 0 Å². The van der Waals surface area contributed by atoms with Crippen LogP contribution in [0.2, 0.25) is 0 Å². The van der Waals surface area contributed by atoms with Crippen LogP contribution < -0.4 is 5.32 Å². The molecule has 0 atom stereocenters. The predicted molar refractivity (Wildman–Crippen MR) is 76.6 cm³/mol. The average molecular weight is 358 g/mol. The highest BCUT2D eigenvalue weighted by Crippen LogP contribution is 2.23. The molecular formula is C11H11IN4O2. The second-order valence-electron chi connectivity index (χ2n) is 3.63. The Hall–Kier alpha value is -1.64. The number of nitrogens with one attached hydrogen (secondary N) is 2. The number of aromatic amines is 1. The maximum atomic E-state index is 10.6. The monoisotopic (exact) mass is 358 g/mol. The largest absolute Gasteiger partial charge is 0.384 e. The second kappa shape index (κ2) is 5.80. The van der Waals surface area contributed by atoms with Gasteiger partial charge < -0.3 is 10.3 Å². The second-order valence-corrected chi connectivity index (χ2v) is 4.80. The van der Waals surface area contributed by atoms with E-state index in [1.807, 2.05) is 0 Å². The van der Waals surface area contributed by atoms with E-state index in [0.717, 1.165) is 28.0 Å². The van der Waals surface area contributed by atoms with E-state index in [1.165, 1.54) is 6.07 Å². The number of imidazole rings is 1. The van der Waals surface area contributed by atoms with Gasteiger partial charge in [0.1, 0.15) is 5.82 Å². The summed E-state index contributed by atoms with van der Waals surface area (Å²) in [5, 5.41) is 13.8. The zero-order valence-corrected chi connectivity index (χ0v) is 11.5. The van der Waals surface area contributed by atoms with E-state index in [2.05, 4.69) is 37.9 Å². The van der Waals surface area contributed by atoms with E-state index in [-0.39, 0.29) is 5.69 Å². The number of aromatic nitrogens is 2. The molecule has 2 rings (SSSR count). The van der Waals surface area contributed by atoms with Crippen LogP contribution in [0.5, 0.6) is 0 Å². The van der Waals surface area contributed by atoms with Crippen LogP contribution in [0.1, 0.15) is 5.82 Å². The molecule has 0 aliphatic heterocycles. The predicted octanol–water partition coefficient (Wildman–Crippen LogP) is 2.58. The van der Waals surface area contributed by atoms with Crippen molar-refractivity contribution in [1.82, 2.24) is 9.97 Å². The topological polar surface area (TPSA) is 83.8 Å². The summed E-state index contributed by atoms with van der Waals surface area (Å²) in [5.74, 6) is 0.916. The lowest BCUT2D eigenvalue weighted by Crippen LogP contribution is -2.07. The number of nitro benzene ring substituents is 1. The zero-order valence-electron chi connectivity index (χ0n) is 9.39. The van der Waals surface area contributed by atoms with Crippen molar-refractivity contribution in [3.63, 3.8) is 0 Å². The van der Waals surface area contributed by atoms with E-state index < -0.39 is 4.92 Å². The van der Waals surface area contributed by atoms with Gasteiger partial charge in [-0.25, -0.2) is 4.98 Å². The molecule has 1 aromatic carbocycles. The van der Waals surface area contributed by atoms with Gasteiger partial charge in [-0.1, -0.05) is 0 Å². The smallest absolute Gasteiger partial charge is 0.270 e. The maximum Gasteiger partial charge on any atom is 0.270 e. The minimum atomic E-state index is -0.394. The summed E-state index contributed by atoms with van der Waals surface area (Å²) in [5.41, 5.74) is 1.00. The molecule has 0 unspecified atom stereocenters. The Balaban J connectivity index is 1.95. The third-order valence-corrected chi connectivity index (χ3v) is 3.29. The van der Waals surface area contributed by atoms with Crippen molar-refractivity contribution in [1.29, 1.82) is 0 Å². The molecule has 0 radical (unpaired) electrons. The zero-order chi connectivity index (χ0) is 13.0. The molecule has 0 fully saturated rings. The molecule has 1 aromatic heterocycles. The summed E-state index contributed by atoms with van der Waals surface area (Å²) in [6, 6.07) is 4.77. The lowest BCUT2D eigenvalue weighted by atomic mass is 10.3. The third kappa shape index (κ3) is 3.19. The number of rotatable bonds is 5. The molecule has 0 aliphatic carbocycles. The fraction of sp³-hybridized carbons (Fsp3) is 0.182. The number of halogens is 1. The normalized spacial score (nSPS) is 10.3. The first kappa shape index (κ1) is 12.8. The quantitative estimate of drug-likeness (QED) is 0.489. The Labute approximate surface area is 117 Å². The number of non-ortho nitro benzene ring substituents is 1. The van der Waals surface area contributed by atoms with Gasteiger partial charge in [0.05, 0.1) is 4.92 Å². The van der Waals surface area contributed by atoms with Crippen LogP contribution in [0.15, 0.2) is 30.6 Å². The lowest BCUT2D eigenvalue weighted by molar-refractivity contribution is -0.384. The van der Waals surface area contributed by atoms with E-state index in [1.54, 1.807) is 24.5 Å². The molecule has 2 aromatic rings. The highest BCUT2D eigenvalue weighted by atomic mass is 127. The van der Waals surface area contributed by atoms with Gasteiger partial charge in [0, 0.05) is 46.7 Å². The Morgan fingerprint density at radius 1 is 1.50 bits per heavy atom. The highest BCUT2D eigenvalue weighted by molar-refractivity contribution is 14.1. The molecule has 7 heteroatoms. The maximum absolute atomic E-state index is 10.6. The van der Waals surface area contributed by atoms with Crippen molar-refractivity contribution in [3.05, 3.63) is 50.1 Å². The summed E-state index contributed by atoms with van der Waals surface area (Å²) in [6.07, 6.45) is 4.27. The molecule has 6 nitrogen and oxygen atoms in total. The number of nitrogens with zero attached hydrogens (tertiary/aromatic N) is 2. The molecule has 0 spiro atoms. The summed E-state index contributed by atoms with van der Waals surface area (Å²) < 4.78 is 0.834. The molecule has 94 valence electrons. The van der Waals surface area contributed by atoms with Gasteiger partial charge in [-0.05, 0) is 28.7 Å². The van der Waals surface area contributed by atoms with Crippen molar-refractivity contribution in [2.75, 3.05) is 11.9 Å². The minimum absolute atomic E-state index is 0.107. The first-order chi connectivity index (χ1) is 8.66. The fourth-order valence-electron chi connectivity index (χ4n) is 1.51. The molecule has 0 amide bonds. The van der Waals surface area contributed by atoms with E-state index in [0.29, 0.717) is 0 Å². The fourth-order valence-corrected chi connectivity index (χ4v) is 2.20. The van der Waals surface area contributed by atoms with Gasteiger partial charge in [0.15, 0.2) is 0 Å². The first-order valence-electron chi connectivity index (χ1n) is 5.33. The van der Waals surface area contributed by atoms with Crippen molar-refractivity contribution in [3.8, 4) is 0 Å². The van der Waals surface area contributed by atoms with Crippen LogP contribution >= 0.6 is 22.6 Å². The summed E-state index contributed by atoms with van der Waals surface area (Å²) in [6.45, 7) is 0.724. The number of hydrogen-bond acceptors (Lipinski definition) is 4. The highest BCUT2D eigenvalue weighted by Gasteiger charge is 2.08. The summed E-state index contributed by atoms with van der Waals surface area (Å²) in [4.78, 5) is 17.3. The molecule has 18 heavy (non-hydrogen) atoms. The van der Waals surface area contributed by atoms with Crippen LogP contribution in [-0.2, 0) is 6.42 Å². The minimum Gasteiger partial charge on any atom is -0.384 e. The molecule has 0 saturated heterocycles. The first-order valence-corrected chi connectivity index (χ1v) is 6.41. The summed E-state index contributed by atoms with van der Waals surface area (Å²) >= 11 is 2.08. The molecule has 0 aliphatic rings. The standard InChI is InChI=1S/C11H11IN4O2/c12-9-7-8(16(17)18)1-2-10(9)13-4-3-11-14-5-6-15-11/h1-2,5-7,13H,3-4H2,(H,14,15). The Morgan fingerprint density at radius 3 is 2.94 bits per heavy atom.